The van der Waals surface area contributed by atoms with Crippen LogP contribution in [0.4, 0.5) is 4.79 Å². The fraction of sp³-hybridized carbons (Fsp3) is 0.533. The Morgan fingerprint density at radius 3 is 3.00 bits per heavy atom. The number of rotatable bonds is 1. The minimum Gasteiger partial charge on any atom is -1.00 e. The van der Waals surface area contributed by atoms with Crippen molar-refractivity contribution in [2.24, 2.45) is 9.98 Å². The summed E-state index contributed by atoms with van der Waals surface area (Å²) in [6.45, 7) is 7.00. The van der Waals surface area contributed by atoms with E-state index < -0.39 is 5.60 Å². The molecule has 2 atom stereocenters. The standard InChI is InChI=1S/C15H20N4O2S.ClH/c1-15(2,3)21-14(20)18-6-7-22-12(9-18)13-11-8-16-4-5-19(11)10-17-13;/h4-5,8,10,12H,6-7,9H2,1-3H3;1H. The van der Waals surface area contributed by atoms with E-state index >= 15 is 0 Å². The van der Waals surface area contributed by atoms with Crippen LogP contribution >= 0.6 is 11.8 Å². The van der Waals surface area contributed by atoms with Crippen LogP contribution in [0.1, 0.15) is 20.8 Å². The van der Waals surface area contributed by atoms with Gasteiger partial charge in [-0.3, -0.25) is 4.99 Å². The Bertz CT molecular complexity index is 595. The van der Waals surface area contributed by atoms with E-state index in [0.29, 0.717) is 13.1 Å². The van der Waals surface area contributed by atoms with Gasteiger partial charge in [0.25, 0.3) is 0 Å². The summed E-state index contributed by atoms with van der Waals surface area (Å²) in [6, 6.07) is 0. The van der Waals surface area contributed by atoms with E-state index in [9.17, 15) is 4.79 Å². The highest BCUT2D eigenvalue weighted by Crippen LogP contribution is 2.28. The summed E-state index contributed by atoms with van der Waals surface area (Å²) in [4.78, 5) is 23.9. The molecule has 0 aromatic rings. The van der Waals surface area contributed by atoms with E-state index in [1.54, 1.807) is 11.1 Å². The summed E-state index contributed by atoms with van der Waals surface area (Å²) in [5.41, 5.74) is 1.62. The van der Waals surface area contributed by atoms with Crippen LogP contribution in [0.3, 0.4) is 0 Å². The lowest BCUT2D eigenvalue weighted by molar-refractivity contribution is -0.682. The van der Waals surface area contributed by atoms with E-state index in [1.807, 2.05) is 51.3 Å². The predicted molar refractivity (Wildman–Crippen MR) is 88.2 cm³/mol. The van der Waals surface area contributed by atoms with E-state index in [0.717, 1.165) is 22.0 Å². The topological polar surface area (TPSA) is 58.7 Å². The fourth-order valence-electron chi connectivity index (χ4n) is 2.50. The number of carbonyl (C=O) groups is 1. The Kier molecular flexibility index (Phi) is 5.54. The zero-order valence-corrected chi connectivity index (χ0v) is 15.0. The second-order valence-electron chi connectivity index (χ2n) is 6.39. The first-order chi connectivity index (χ1) is 10.4. The number of amides is 1. The summed E-state index contributed by atoms with van der Waals surface area (Å²) in [7, 11) is 0. The maximum absolute atomic E-state index is 12.3. The van der Waals surface area contributed by atoms with Crippen molar-refractivity contribution in [3.63, 3.8) is 0 Å². The van der Waals surface area contributed by atoms with Gasteiger partial charge in [0.05, 0.1) is 17.7 Å². The molecule has 23 heavy (non-hydrogen) atoms. The van der Waals surface area contributed by atoms with Crippen LogP contribution in [-0.2, 0) is 4.74 Å². The molecule has 2 unspecified atom stereocenters. The molecule has 3 aliphatic rings. The first-order valence-corrected chi connectivity index (χ1v) is 8.44. The molecule has 1 N–H and O–H groups in total. The van der Waals surface area contributed by atoms with Crippen LogP contribution in [0.2, 0.25) is 0 Å². The lowest BCUT2D eigenvalue weighted by Gasteiger charge is -2.33. The third-order valence-electron chi connectivity index (χ3n) is 3.50. The highest BCUT2D eigenvalue weighted by molar-refractivity contribution is 8.00. The lowest BCUT2D eigenvalue weighted by atomic mass is 10.2. The van der Waals surface area contributed by atoms with Gasteiger partial charge in [-0.25, -0.2) is 9.69 Å². The molecule has 3 heterocycles. The average Bonchev–Trinajstić information content (AvgIpc) is 2.89. The summed E-state index contributed by atoms with van der Waals surface area (Å²) >= 11 is 1.84. The van der Waals surface area contributed by atoms with Gasteiger partial charge in [-0.05, 0) is 20.8 Å². The van der Waals surface area contributed by atoms with Crippen molar-refractivity contribution < 1.29 is 26.8 Å². The fourth-order valence-corrected chi connectivity index (χ4v) is 3.75. The Morgan fingerprint density at radius 1 is 1.48 bits per heavy atom. The van der Waals surface area contributed by atoms with Crippen molar-refractivity contribution in [1.29, 1.82) is 0 Å². The third kappa shape index (κ3) is 4.16. The number of hydrogen-bond acceptors (Lipinski definition) is 5. The van der Waals surface area contributed by atoms with Crippen molar-refractivity contribution in [1.82, 2.24) is 4.90 Å². The summed E-state index contributed by atoms with van der Waals surface area (Å²) in [5.74, 6) is 0.887. The lowest BCUT2D eigenvalue weighted by Crippen LogP contribution is -3.04. The van der Waals surface area contributed by atoms with Crippen molar-refractivity contribution >= 4 is 30.4 Å². The van der Waals surface area contributed by atoms with Gasteiger partial charge in [0.2, 0.25) is 0 Å². The van der Waals surface area contributed by atoms with Crippen LogP contribution in [-0.4, -0.2) is 53.2 Å². The Hall–Kier alpha value is -1.31. The van der Waals surface area contributed by atoms with Crippen molar-refractivity contribution in [2.45, 2.75) is 31.6 Å². The van der Waals surface area contributed by atoms with Crippen molar-refractivity contribution in [3.8, 4) is 0 Å². The van der Waals surface area contributed by atoms with Gasteiger partial charge in [0.1, 0.15) is 17.5 Å². The Labute approximate surface area is 146 Å². The molecule has 6 nitrogen and oxygen atoms in total. The number of carbonyl (C=O) groups excluding carboxylic acids is 1. The normalized spacial score (nSPS) is 26.1. The van der Waals surface area contributed by atoms with E-state index in [-0.39, 0.29) is 23.8 Å². The zero-order valence-electron chi connectivity index (χ0n) is 13.5. The maximum atomic E-state index is 12.3. The number of halogens is 1. The molecular formula is C15H21ClN4O2S. The number of nitrogens with one attached hydrogen (secondary N) is 1. The SMILES string of the molecule is CC(C)(C)OC(=O)N1CCSC(C2=C3C=NC=C[NH+]3C=N2)C1.[Cl-]. The second-order valence-corrected chi connectivity index (χ2v) is 7.70. The molecule has 0 spiro atoms. The number of nitrogens with zero attached hydrogens (tertiary/aromatic N) is 3. The monoisotopic (exact) mass is 356 g/mol. The molecule has 126 valence electrons. The third-order valence-corrected chi connectivity index (χ3v) is 4.69. The summed E-state index contributed by atoms with van der Waals surface area (Å²) in [5, 5.41) is 0.169. The summed E-state index contributed by atoms with van der Waals surface area (Å²) in [6.07, 6.45) is 7.22. The van der Waals surface area contributed by atoms with Gasteiger partial charge in [-0.1, -0.05) is 0 Å². The molecule has 0 saturated carbocycles. The number of ether oxygens (including phenoxy) is 1. The number of hydrogen-bond donors (Lipinski definition) is 1. The first-order valence-electron chi connectivity index (χ1n) is 7.39. The minimum absolute atomic E-state index is 0. The highest BCUT2D eigenvalue weighted by Gasteiger charge is 2.35. The van der Waals surface area contributed by atoms with E-state index in [4.69, 9.17) is 4.74 Å². The maximum Gasteiger partial charge on any atom is 0.410 e. The quantitative estimate of drug-likeness (QED) is 0.593. The molecule has 1 saturated heterocycles. The van der Waals surface area contributed by atoms with Gasteiger partial charge in [0, 0.05) is 18.8 Å². The molecule has 0 bridgehead atoms. The zero-order chi connectivity index (χ0) is 15.7. The molecule has 3 rings (SSSR count). The van der Waals surface area contributed by atoms with Crippen LogP contribution in [0.5, 0.6) is 0 Å². The number of fused-ring (bicyclic) bond motifs is 1. The molecule has 8 heteroatoms. The molecule has 3 aliphatic heterocycles. The number of aliphatic imine (C=N–C) groups is 2. The Balaban J connectivity index is 0.00000192. The van der Waals surface area contributed by atoms with Crippen LogP contribution < -0.4 is 17.3 Å². The van der Waals surface area contributed by atoms with Gasteiger partial charge in [0.15, 0.2) is 12.0 Å². The summed E-state index contributed by atoms with van der Waals surface area (Å²) < 4.78 is 5.48. The minimum atomic E-state index is -0.466. The van der Waals surface area contributed by atoms with Crippen LogP contribution in [0, 0.1) is 0 Å². The molecule has 1 amide bonds. The highest BCUT2D eigenvalue weighted by atomic mass is 35.5. The molecule has 1 fully saturated rings. The largest absolute Gasteiger partial charge is 1.00 e. The van der Waals surface area contributed by atoms with E-state index in [1.165, 1.54) is 0 Å². The molecule has 0 radical (unpaired) electrons. The average molecular weight is 357 g/mol. The molecule has 0 aromatic carbocycles. The smallest absolute Gasteiger partial charge is 0.410 e. The van der Waals surface area contributed by atoms with Gasteiger partial charge in [-0.2, -0.15) is 4.99 Å². The molecule has 0 aromatic heterocycles. The number of allylic oxidation sites excluding steroid dienone is 1. The van der Waals surface area contributed by atoms with Crippen LogP contribution in [0.25, 0.3) is 0 Å². The van der Waals surface area contributed by atoms with E-state index in [2.05, 4.69) is 9.98 Å². The first kappa shape index (κ1) is 18.0. The predicted octanol–water partition coefficient (Wildman–Crippen LogP) is -1.96. The van der Waals surface area contributed by atoms with Gasteiger partial charge < -0.3 is 22.0 Å². The second kappa shape index (κ2) is 7.07. The van der Waals surface area contributed by atoms with Crippen LogP contribution in [0.15, 0.2) is 33.8 Å². The van der Waals surface area contributed by atoms with Gasteiger partial charge >= 0.3 is 6.09 Å². The van der Waals surface area contributed by atoms with Gasteiger partial charge in [-0.15, -0.1) is 11.8 Å². The molecular weight excluding hydrogens is 336 g/mol. The molecule has 0 aliphatic carbocycles. The number of thioether (sulfide) groups is 1. The van der Waals surface area contributed by atoms with Crippen molar-refractivity contribution in [2.75, 3.05) is 18.8 Å². The Morgan fingerprint density at radius 2 is 2.26 bits per heavy atom. The number of quaternary nitrogens is 1. The van der Waals surface area contributed by atoms with Crippen molar-refractivity contribution in [3.05, 3.63) is 23.8 Å².